The Bertz CT molecular complexity index is 5110. The van der Waals surface area contributed by atoms with E-state index >= 15 is 0 Å². The van der Waals surface area contributed by atoms with Crippen molar-refractivity contribution in [1.82, 2.24) is 13.7 Å². The number of fused-ring (bicyclic) bond motifs is 21. The minimum atomic E-state index is 0.459. The SMILES string of the molecule is [C-]#[N+]c1c(-n2c3ccccc3c3c4sc5ccccc5c4ccc32)cc(C#N)c(-n2c3ccccc3c3c4sc5ccccc5c4ccc32)c1-n1c2ccccc2c2c3sc4ccccc4c3ccc21. The van der Waals surface area contributed by atoms with Crippen molar-refractivity contribution < 1.29 is 0 Å². The first-order chi connectivity index (χ1) is 34.7. The number of nitriles is 1. The van der Waals surface area contributed by atoms with Crippen LogP contribution in [0.25, 0.3) is 148 Å². The van der Waals surface area contributed by atoms with Gasteiger partial charge < -0.3 is 13.7 Å². The predicted octanol–water partition coefficient (Wildman–Crippen LogP) is 18.5. The molecular weight excluding hydrogens is 911 g/mol. The molecule has 0 amide bonds. The van der Waals surface area contributed by atoms with Gasteiger partial charge in [-0.2, -0.15) is 5.26 Å². The minimum Gasteiger partial charge on any atom is -0.319 e. The second-order valence-electron chi connectivity index (χ2n) is 18.1. The first-order valence-electron chi connectivity index (χ1n) is 23.2. The van der Waals surface area contributed by atoms with Crippen LogP contribution < -0.4 is 0 Å². The molecule has 0 bridgehead atoms. The normalized spacial score (nSPS) is 12.3. The Balaban J connectivity index is 1.12. The topological polar surface area (TPSA) is 42.9 Å². The molecule has 16 rings (SSSR count). The van der Waals surface area contributed by atoms with Gasteiger partial charge in [-0.15, -0.1) is 34.0 Å². The smallest absolute Gasteiger partial charge is 0.236 e. The van der Waals surface area contributed by atoms with Crippen LogP contribution in [-0.4, -0.2) is 13.7 Å². The Morgan fingerprint density at radius 2 is 0.729 bits per heavy atom. The van der Waals surface area contributed by atoms with Crippen molar-refractivity contribution >= 4 is 166 Å². The van der Waals surface area contributed by atoms with Crippen LogP contribution in [0.15, 0.2) is 188 Å². The maximum Gasteiger partial charge on any atom is 0.236 e. The lowest BCUT2D eigenvalue weighted by Crippen LogP contribution is -2.09. The standard InChI is InChI=1S/C62H31N5S3/c1-64-57-50(65-44-20-8-2-17-41(44)54-47(65)29-26-38-35-14-5-11-23-51(35)68-60(38)54)32-34(33-63)58(66-45-21-9-3-18-42(45)55-48(66)30-27-39-36-15-6-12-24-52(36)69-61(39)55)59(57)67-46-22-10-4-19-43(46)56-49(67)31-28-40-37-16-7-13-25-53(37)70-62(40)56/h2-32H. The highest BCUT2D eigenvalue weighted by atomic mass is 32.1. The van der Waals surface area contributed by atoms with Gasteiger partial charge in [0.15, 0.2) is 0 Å². The monoisotopic (exact) mass is 941 g/mol. The average Bonchev–Trinajstić information content (AvgIpc) is 4.26. The van der Waals surface area contributed by atoms with Crippen molar-refractivity contribution in [2.24, 2.45) is 0 Å². The van der Waals surface area contributed by atoms with Crippen LogP contribution in [-0.2, 0) is 0 Å². The summed E-state index contributed by atoms with van der Waals surface area (Å²) in [5, 5.41) is 25.9. The summed E-state index contributed by atoms with van der Waals surface area (Å²) < 4.78 is 14.2. The van der Waals surface area contributed by atoms with Crippen LogP contribution in [0.3, 0.4) is 0 Å². The van der Waals surface area contributed by atoms with Crippen LogP contribution in [0, 0.1) is 17.9 Å². The molecule has 0 aliphatic carbocycles. The number of hydrogen-bond donors (Lipinski definition) is 0. The first kappa shape index (κ1) is 38.2. The summed E-state index contributed by atoms with van der Waals surface area (Å²) in [6.07, 6.45) is 0. The lowest BCUT2D eigenvalue weighted by Gasteiger charge is -2.23. The molecule has 6 aromatic heterocycles. The third-order valence-electron chi connectivity index (χ3n) is 14.7. The molecule has 0 aliphatic heterocycles. The summed E-state index contributed by atoms with van der Waals surface area (Å²) >= 11 is 5.44. The molecule has 0 N–H and O–H groups in total. The van der Waals surface area contributed by atoms with E-state index in [0.717, 1.165) is 65.4 Å². The number of para-hydroxylation sites is 3. The van der Waals surface area contributed by atoms with Gasteiger partial charge in [0.2, 0.25) is 5.69 Å². The van der Waals surface area contributed by atoms with Gasteiger partial charge in [0.25, 0.3) is 0 Å². The zero-order valence-electron chi connectivity index (χ0n) is 36.9. The van der Waals surface area contributed by atoms with Gasteiger partial charge in [0, 0.05) is 92.8 Å². The van der Waals surface area contributed by atoms with Crippen molar-refractivity contribution in [3.63, 3.8) is 0 Å². The molecule has 0 spiro atoms. The maximum absolute atomic E-state index is 11.9. The van der Waals surface area contributed by atoms with E-state index in [0.29, 0.717) is 28.3 Å². The summed E-state index contributed by atoms with van der Waals surface area (Å²) in [4.78, 5) is 4.68. The average molecular weight is 942 g/mol. The summed E-state index contributed by atoms with van der Waals surface area (Å²) in [7, 11) is 0. The third kappa shape index (κ3) is 4.82. The van der Waals surface area contributed by atoms with Gasteiger partial charge in [-0.3, -0.25) is 0 Å². The zero-order chi connectivity index (χ0) is 45.9. The molecule has 8 heteroatoms. The molecule has 6 heterocycles. The van der Waals surface area contributed by atoms with Gasteiger partial charge in [-0.25, -0.2) is 4.85 Å². The highest BCUT2D eigenvalue weighted by Crippen LogP contribution is 2.52. The number of aromatic nitrogens is 3. The van der Waals surface area contributed by atoms with Crippen LogP contribution >= 0.6 is 34.0 Å². The van der Waals surface area contributed by atoms with Crippen LogP contribution in [0.4, 0.5) is 5.69 Å². The van der Waals surface area contributed by atoms with E-state index < -0.39 is 0 Å². The molecule has 0 saturated carbocycles. The molecule has 0 fully saturated rings. The number of nitrogens with zero attached hydrogens (tertiary/aromatic N) is 5. The van der Waals surface area contributed by atoms with Crippen molar-refractivity contribution in [3.05, 3.63) is 205 Å². The summed E-state index contributed by atoms with van der Waals surface area (Å²) in [5.74, 6) is 0. The molecule has 0 aliphatic rings. The minimum absolute atomic E-state index is 0.459. The first-order valence-corrected chi connectivity index (χ1v) is 25.6. The summed E-state index contributed by atoms with van der Waals surface area (Å²) in [6, 6.07) is 69.8. The highest BCUT2D eigenvalue weighted by Gasteiger charge is 2.31. The molecule has 0 unspecified atom stereocenters. The van der Waals surface area contributed by atoms with E-state index in [4.69, 9.17) is 0 Å². The van der Waals surface area contributed by atoms with Crippen LogP contribution in [0.1, 0.15) is 5.56 Å². The second-order valence-corrected chi connectivity index (χ2v) is 21.2. The number of benzene rings is 10. The largest absolute Gasteiger partial charge is 0.319 e. The van der Waals surface area contributed by atoms with E-state index in [9.17, 15) is 11.8 Å². The number of rotatable bonds is 3. The molecular formula is C62H31N5S3. The quantitative estimate of drug-likeness (QED) is 0.163. The Morgan fingerprint density at radius 3 is 1.14 bits per heavy atom. The lowest BCUT2D eigenvalue weighted by molar-refractivity contribution is 1.08. The van der Waals surface area contributed by atoms with Crippen LogP contribution in [0.2, 0.25) is 0 Å². The van der Waals surface area contributed by atoms with E-state index in [1.54, 1.807) is 0 Å². The summed E-state index contributed by atoms with van der Waals surface area (Å²) in [6.45, 7) is 9.53. The number of hydrogen-bond acceptors (Lipinski definition) is 4. The molecule has 16 aromatic rings. The molecule has 0 atom stereocenters. The molecule has 70 heavy (non-hydrogen) atoms. The van der Waals surface area contributed by atoms with Crippen molar-refractivity contribution in [2.45, 2.75) is 0 Å². The molecule has 0 radical (unpaired) electrons. The molecule has 0 saturated heterocycles. The zero-order valence-corrected chi connectivity index (χ0v) is 39.3. The fraction of sp³-hybridized carbons (Fsp3) is 0. The Morgan fingerprint density at radius 1 is 0.371 bits per heavy atom. The number of thiophene rings is 3. The van der Waals surface area contributed by atoms with E-state index in [1.165, 1.54) is 60.5 Å². The predicted molar refractivity (Wildman–Crippen MR) is 299 cm³/mol. The second kappa shape index (κ2) is 13.9. The molecule has 10 aromatic carbocycles. The summed E-state index contributed by atoms with van der Waals surface area (Å²) in [5.41, 5.74) is 8.82. The van der Waals surface area contributed by atoms with Gasteiger partial charge >= 0.3 is 0 Å². The third-order valence-corrected chi connectivity index (χ3v) is 18.3. The van der Waals surface area contributed by atoms with Gasteiger partial charge in [0.1, 0.15) is 6.07 Å². The van der Waals surface area contributed by atoms with Crippen molar-refractivity contribution in [3.8, 4) is 23.1 Å². The van der Waals surface area contributed by atoms with Crippen molar-refractivity contribution in [1.29, 1.82) is 5.26 Å². The van der Waals surface area contributed by atoms with Gasteiger partial charge in [-0.1, -0.05) is 127 Å². The highest BCUT2D eigenvalue weighted by molar-refractivity contribution is 7.27. The Hall–Kier alpha value is -8.76. The van der Waals surface area contributed by atoms with Gasteiger partial charge in [-0.05, 0) is 60.7 Å². The molecule has 5 nitrogen and oxygen atoms in total. The Kier molecular flexibility index (Phi) is 7.60. The van der Waals surface area contributed by atoms with Crippen LogP contribution in [0.5, 0.6) is 0 Å². The Labute approximate surface area is 410 Å². The van der Waals surface area contributed by atoms with E-state index in [1.807, 2.05) is 40.1 Å². The van der Waals surface area contributed by atoms with Crippen molar-refractivity contribution in [2.75, 3.05) is 0 Å². The van der Waals surface area contributed by atoms with Gasteiger partial charge in [0.05, 0.1) is 62.3 Å². The van der Waals surface area contributed by atoms with E-state index in [-0.39, 0.29) is 0 Å². The molecule has 322 valence electrons. The maximum atomic E-state index is 11.9. The van der Waals surface area contributed by atoms with E-state index in [2.05, 4.69) is 207 Å². The fourth-order valence-corrected chi connectivity index (χ4v) is 15.7. The fourth-order valence-electron chi connectivity index (χ4n) is 11.9. The lowest BCUT2D eigenvalue weighted by atomic mass is 10.1.